The average Bonchev–Trinajstić information content (AvgIpc) is 2.62. The Morgan fingerprint density at radius 2 is 1.84 bits per heavy atom. The molecule has 126 valence electrons. The van der Waals surface area contributed by atoms with Crippen LogP contribution in [-0.2, 0) is 0 Å². The number of nitrogens with zero attached hydrogens (tertiary/aromatic N) is 2. The van der Waals surface area contributed by atoms with E-state index in [-0.39, 0.29) is 5.91 Å². The molecule has 1 N–H and O–H groups in total. The second-order valence-corrected chi connectivity index (χ2v) is 6.11. The van der Waals surface area contributed by atoms with Crippen molar-refractivity contribution >= 4 is 28.6 Å². The highest BCUT2D eigenvalue weighted by molar-refractivity contribution is 6.00. The van der Waals surface area contributed by atoms with Gasteiger partial charge in [0.1, 0.15) is 0 Å². The number of carbonyl (C=O) groups is 1. The van der Waals surface area contributed by atoms with Crippen LogP contribution in [0.3, 0.4) is 0 Å². The van der Waals surface area contributed by atoms with E-state index in [2.05, 4.69) is 5.32 Å². The van der Waals surface area contributed by atoms with Crippen molar-refractivity contribution in [1.29, 1.82) is 0 Å². The van der Waals surface area contributed by atoms with E-state index in [1.165, 1.54) is 0 Å². The van der Waals surface area contributed by atoms with Gasteiger partial charge in [0.2, 0.25) is 0 Å². The maximum atomic E-state index is 12.6. The van der Waals surface area contributed by atoms with Crippen molar-refractivity contribution in [1.82, 2.24) is 9.88 Å². The fourth-order valence-electron chi connectivity index (χ4n) is 2.65. The van der Waals surface area contributed by atoms with Crippen LogP contribution >= 0.6 is 0 Å². The summed E-state index contributed by atoms with van der Waals surface area (Å²) in [5.41, 5.74) is 4.23. The number of carbonyl (C=O) groups excluding carboxylic acids is 1. The van der Waals surface area contributed by atoms with Gasteiger partial charge in [-0.05, 0) is 36.8 Å². The summed E-state index contributed by atoms with van der Waals surface area (Å²) in [5.74, 6) is -0.0599. The Labute approximate surface area is 147 Å². The van der Waals surface area contributed by atoms with Gasteiger partial charge in [-0.25, -0.2) is 4.98 Å². The third-order valence-electron chi connectivity index (χ3n) is 3.98. The van der Waals surface area contributed by atoms with Crippen LogP contribution in [0.5, 0.6) is 0 Å². The maximum absolute atomic E-state index is 12.6. The van der Waals surface area contributed by atoms with Gasteiger partial charge in [0.15, 0.2) is 0 Å². The highest BCUT2D eigenvalue weighted by atomic mass is 16.2. The number of nitrogens with one attached hydrogen (secondary N) is 1. The minimum absolute atomic E-state index is 0.0599. The van der Waals surface area contributed by atoms with Crippen LogP contribution in [-0.4, -0.2) is 29.9 Å². The minimum atomic E-state index is -0.0599. The van der Waals surface area contributed by atoms with Crippen molar-refractivity contribution in [2.75, 3.05) is 19.4 Å². The first-order chi connectivity index (χ1) is 12.1. The molecule has 1 aromatic heterocycles. The molecule has 0 aliphatic heterocycles. The van der Waals surface area contributed by atoms with Crippen LogP contribution in [0.4, 0.5) is 5.69 Å². The SMILES string of the molecule is Cc1cccc2cc(C(=O)N(C)C)c(/C=C/Nc3ccccc3)nc12. The van der Waals surface area contributed by atoms with Crippen LogP contribution in [0, 0.1) is 6.92 Å². The molecular formula is C21H21N3O. The molecule has 1 heterocycles. The van der Waals surface area contributed by atoms with E-state index >= 15 is 0 Å². The topological polar surface area (TPSA) is 45.2 Å². The van der Waals surface area contributed by atoms with Gasteiger partial charge in [0, 0.05) is 31.4 Å². The molecule has 0 unspecified atom stereocenters. The molecule has 0 bridgehead atoms. The van der Waals surface area contributed by atoms with Gasteiger partial charge in [0.05, 0.1) is 16.8 Å². The third-order valence-corrected chi connectivity index (χ3v) is 3.98. The van der Waals surface area contributed by atoms with Gasteiger partial charge in [-0.2, -0.15) is 0 Å². The van der Waals surface area contributed by atoms with Gasteiger partial charge >= 0.3 is 0 Å². The molecule has 3 aromatic rings. The lowest BCUT2D eigenvalue weighted by molar-refractivity contribution is 0.0827. The number of pyridine rings is 1. The van der Waals surface area contributed by atoms with E-state index in [1.807, 2.05) is 73.8 Å². The van der Waals surface area contributed by atoms with E-state index in [9.17, 15) is 4.79 Å². The number of aryl methyl sites for hydroxylation is 1. The Balaban J connectivity index is 2.03. The van der Waals surface area contributed by atoms with Crippen LogP contribution < -0.4 is 5.32 Å². The lowest BCUT2D eigenvalue weighted by atomic mass is 10.1. The van der Waals surface area contributed by atoms with E-state index in [1.54, 1.807) is 19.0 Å². The Bertz CT molecular complexity index is 931. The van der Waals surface area contributed by atoms with Crippen LogP contribution in [0.1, 0.15) is 21.6 Å². The van der Waals surface area contributed by atoms with Crippen LogP contribution in [0.15, 0.2) is 60.8 Å². The Morgan fingerprint density at radius 1 is 1.08 bits per heavy atom. The van der Waals surface area contributed by atoms with E-state index < -0.39 is 0 Å². The summed E-state index contributed by atoms with van der Waals surface area (Å²) >= 11 is 0. The highest BCUT2D eigenvalue weighted by Gasteiger charge is 2.15. The van der Waals surface area contributed by atoms with Gasteiger partial charge in [-0.3, -0.25) is 4.79 Å². The zero-order valence-electron chi connectivity index (χ0n) is 14.7. The van der Waals surface area contributed by atoms with E-state index in [4.69, 9.17) is 4.98 Å². The molecule has 25 heavy (non-hydrogen) atoms. The van der Waals surface area contributed by atoms with E-state index in [0.29, 0.717) is 11.3 Å². The average molecular weight is 331 g/mol. The first-order valence-corrected chi connectivity index (χ1v) is 8.16. The molecule has 0 spiro atoms. The Morgan fingerprint density at radius 3 is 2.56 bits per heavy atom. The van der Waals surface area contributed by atoms with Gasteiger partial charge in [0.25, 0.3) is 5.91 Å². The quantitative estimate of drug-likeness (QED) is 0.774. The Hall–Kier alpha value is -3.14. The number of fused-ring (bicyclic) bond motifs is 1. The van der Waals surface area contributed by atoms with Crippen LogP contribution in [0.25, 0.3) is 17.0 Å². The summed E-state index contributed by atoms with van der Waals surface area (Å²) in [6.45, 7) is 2.03. The molecule has 0 radical (unpaired) electrons. The fraction of sp³-hybridized carbons (Fsp3) is 0.143. The zero-order chi connectivity index (χ0) is 17.8. The lowest BCUT2D eigenvalue weighted by Crippen LogP contribution is -2.23. The fourth-order valence-corrected chi connectivity index (χ4v) is 2.65. The molecule has 0 saturated carbocycles. The lowest BCUT2D eigenvalue weighted by Gasteiger charge is -2.14. The van der Waals surface area contributed by atoms with Gasteiger partial charge in [-0.15, -0.1) is 0 Å². The largest absolute Gasteiger partial charge is 0.362 e. The number of anilines is 1. The van der Waals surface area contributed by atoms with Crippen molar-refractivity contribution in [3.63, 3.8) is 0 Å². The molecule has 0 aliphatic rings. The first kappa shape index (κ1) is 16.7. The number of rotatable bonds is 4. The summed E-state index contributed by atoms with van der Waals surface area (Å²) in [6, 6.07) is 17.8. The number of hydrogen-bond donors (Lipinski definition) is 1. The number of benzene rings is 2. The predicted octanol–water partition coefficient (Wildman–Crippen LogP) is 4.33. The molecule has 4 heteroatoms. The predicted molar refractivity (Wildman–Crippen MR) is 104 cm³/mol. The summed E-state index contributed by atoms with van der Waals surface area (Å²) < 4.78 is 0. The van der Waals surface area contributed by atoms with Crippen molar-refractivity contribution in [3.8, 4) is 0 Å². The first-order valence-electron chi connectivity index (χ1n) is 8.16. The zero-order valence-corrected chi connectivity index (χ0v) is 14.7. The normalized spacial score (nSPS) is 11.0. The standard InChI is InChI=1S/C21H21N3O/c1-15-8-7-9-16-14-18(21(25)24(2)3)19(23-20(15)16)12-13-22-17-10-5-4-6-11-17/h4-14,22H,1-3H3/b13-12+. The molecule has 0 atom stereocenters. The van der Waals surface area contributed by atoms with Gasteiger partial charge < -0.3 is 10.2 Å². The second kappa shape index (κ2) is 7.18. The minimum Gasteiger partial charge on any atom is -0.362 e. The van der Waals surface area contributed by atoms with Crippen molar-refractivity contribution < 1.29 is 4.79 Å². The smallest absolute Gasteiger partial charge is 0.255 e. The molecule has 2 aromatic carbocycles. The second-order valence-electron chi connectivity index (χ2n) is 6.11. The molecule has 0 aliphatic carbocycles. The number of hydrogen-bond acceptors (Lipinski definition) is 3. The number of amides is 1. The number of aromatic nitrogens is 1. The van der Waals surface area contributed by atoms with Gasteiger partial charge in [-0.1, -0.05) is 36.4 Å². The Kier molecular flexibility index (Phi) is 4.80. The number of para-hydroxylation sites is 2. The van der Waals surface area contributed by atoms with Crippen LogP contribution in [0.2, 0.25) is 0 Å². The molecule has 1 amide bonds. The molecule has 0 fully saturated rings. The summed E-state index contributed by atoms with van der Waals surface area (Å²) in [6.07, 6.45) is 3.66. The molecule has 4 nitrogen and oxygen atoms in total. The summed E-state index contributed by atoms with van der Waals surface area (Å²) in [7, 11) is 3.50. The molecule has 0 saturated heterocycles. The highest BCUT2D eigenvalue weighted by Crippen LogP contribution is 2.22. The summed E-state index contributed by atoms with van der Waals surface area (Å²) in [5, 5.41) is 4.18. The molecular weight excluding hydrogens is 310 g/mol. The van der Waals surface area contributed by atoms with Crippen molar-refractivity contribution in [2.24, 2.45) is 0 Å². The summed E-state index contributed by atoms with van der Waals surface area (Å²) in [4.78, 5) is 18.9. The molecule has 3 rings (SSSR count). The van der Waals surface area contributed by atoms with E-state index in [0.717, 1.165) is 22.2 Å². The monoisotopic (exact) mass is 331 g/mol. The van der Waals surface area contributed by atoms with Crippen molar-refractivity contribution in [3.05, 3.63) is 77.6 Å². The third kappa shape index (κ3) is 3.69. The van der Waals surface area contributed by atoms with Crippen molar-refractivity contribution in [2.45, 2.75) is 6.92 Å². The maximum Gasteiger partial charge on any atom is 0.255 e.